The maximum Gasteiger partial charge on any atom is 0.323 e. The van der Waals surface area contributed by atoms with Crippen molar-refractivity contribution in [2.75, 3.05) is 19.7 Å². The van der Waals surface area contributed by atoms with Gasteiger partial charge in [-0.2, -0.15) is 0 Å². The Labute approximate surface area is 99.1 Å². The minimum absolute atomic E-state index is 0.0813. The van der Waals surface area contributed by atoms with Gasteiger partial charge in [0.2, 0.25) is 0 Å². The Bertz CT molecular complexity index is 238. The van der Waals surface area contributed by atoms with Gasteiger partial charge in [-0.05, 0) is 51.6 Å². The summed E-state index contributed by atoms with van der Waals surface area (Å²) < 4.78 is 5.07. The van der Waals surface area contributed by atoms with Crippen LogP contribution in [0.1, 0.15) is 47.0 Å². The molecule has 0 spiro atoms. The maximum atomic E-state index is 11.7. The lowest BCUT2D eigenvalue weighted by Gasteiger charge is -2.27. The second-order valence-electron chi connectivity index (χ2n) is 5.48. The first kappa shape index (κ1) is 13.5. The normalized spacial score (nSPS) is 23.5. The molecule has 1 heterocycles. The summed E-state index contributed by atoms with van der Waals surface area (Å²) in [5.41, 5.74) is 0.420. The van der Waals surface area contributed by atoms with E-state index in [1.54, 1.807) is 0 Å². The third kappa shape index (κ3) is 3.78. The average Bonchev–Trinajstić information content (AvgIpc) is 2.39. The zero-order valence-corrected chi connectivity index (χ0v) is 11.1. The number of ether oxygens (including phenoxy) is 1. The van der Waals surface area contributed by atoms with Gasteiger partial charge in [0.05, 0.1) is 6.61 Å². The molecule has 1 unspecified atom stereocenters. The van der Waals surface area contributed by atoms with Crippen LogP contribution in [0.2, 0.25) is 0 Å². The SMILES string of the molecule is CCOC(=O)C(C)N1CCCC(C)(C)CC1. The predicted octanol–water partition coefficient (Wildman–Crippen LogP) is 2.45. The van der Waals surface area contributed by atoms with Crippen molar-refractivity contribution < 1.29 is 9.53 Å². The molecule has 1 rings (SSSR count). The molecule has 0 saturated carbocycles. The monoisotopic (exact) mass is 227 g/mol. The molecule has 1 saturated heterocycles. The van der Waals surface area contributed by atoms with Crippen molar-refractivity contribution in [1.29, 1.82) is 0 Å². The molecule has 3 nitrogen and oxygen atoms in total. The van der Waals surface area contributed by atoms with Crippen molar-refractivity contribution in [3.05, 3.63) is 0 Å². The Balaban J connectivity index is 2.51. The first-order valence-electron chi connectivity index (χ1n) is 6.37. The van der Waals surface area contributed by atoms with Crippen LogP contribution in [0.3, 0.4) is 0 Å². The molecule has 0 aromatic carbocycles. The summed E-state index contributed by atoms with van der Waals surface area (Å²) in [5.74, 6) is -0.0813. The fourth-order valence-electron chi connectivity index (χ4n) is 2.24. The number of hydrogen-bond acceptors (Lipinski definition) is 3. The molecule has 1 atom stereocenters. The molecule has 0 aromatic heterocycles. The van der Waals surface area contributed by atoms with E-state index in [0.717, 1.165) is 19.5 Å². The minimum Gasteiger partial charge on any atom is -0.465 e. The van der Waals surface area contributed by atoms with E-state index in [-0.39, 0.29) is 12.0 Å². The molecule has 1 aliphatic rings. The van der Waals surface area contributed by atoms with Gasteiger partial charge in [-0.25, -0.2) is 0 Å². The van der Waals surface area contributed by atoms with Crippen LogP contribution in [0.5, 0.6) is 0 Å². The van der Waals surface area contributed by atoms with Crippen LogP contribution in [0.25, 0.3) is 0 Å². The van der Waals surface area contributed by atoms with E-state index < -0.39 is 0 Å². The van der Waals surface area contributed by atoms with Gasteiger partial charge in [0.15, 0.2) is 0 Å². The Morgan fingerprint density at radius 1 is 1.38 bits per heavy atom. The van der Waals surface area contributed by atoms with Crippen molar-refractivity contribution in [3.8, 4) is 0 Å². The van der Waals surface area contributed by atoms with Gasteiger partial charge >= 0.3 is 5.97 Å². The molecule has 1 aliphatic heterocycles. The number of rotatable bonds is 3. The molecule has 0 N–H and O–H groups in total. The van der Waals surface area contributed by atoms with E-state index in [4.69, 9.17) is 4.74 Å². The summed E-state index contributed by atoms with van der Waals surface area (Å²) in [5, 5.41) is 0. The topological polar surface area (TPSA) is 29.5 Å². The van der Waals surface area contributed by atoms with E-state index in [1.807, 2.05) is 13.8 Å². The molecular formula is C13H25NO2. The molecule has 0 radical (unpaired) electrons. The third-order valence-electron chi connectivity index (χ3n) is 3.55. The molecule has 0 amide bonds. The van der Waals surface area contributed by atoms with Crippen LogP contribution in [-0.4, -0.2) is 36.6 Å². The number of carbonyl (C=O) groups is 1. The van der Waals surface area contributed by atoms with Crippen LogP contribution >= 0.6 is 0 Å². The highest BCUT2D eigenvalue weighted by Crippen LogP contribution is 2.30. The van der Waals surface area contributed by atoms with Crippen molar-refractivity contribution in [2.45, 2.75) is 53.0 Å². The maximum absolute atomic E-state index is 11.7. The van der Waals surface area contributed by atoms with Crippen molar-refractivity contribution >= 4 is 5.97 Å². The largest absolute Gasteiger partial charge is 0.465 e. The van der Waals surface area contributed by atoms with Crippen LogP contribution in [0.15, 0.2) is 0 Å². The smallest absolute Gasteiger partial charge is 0.323 e. The molecule has 94 valence electrons. The van der Waals surface area contributed by atoms with E-state index >= 15 is 0 Å². The van der Waals surface area contributed by atoms with Gasteiger partial charge < -0.3 is 4.74 Å². The van der Waals surface area contributed by atoms with Gasteiger partial charge in [0.25, 0.3) is 0 Å². The van der Waals surface area contributed by atoms with Crippen molar-refractivity contribution in [1.82, 2.24) is 4.90 Å². The standard InChI is InChI=1S/C13H25NO2/c1-5-16-12(15)11(2)14-9-6-7-13(3,4)8-10-14/h11H,5-10H2,1-4H3. The summed E-state index contributed by atoms with van der Waals surface area (Å²) in [6.45, 7) is 10.9. The van der Waals surface area contributed by atoms with Crippen molar-refractivity contribution in [3.63, 3.8) is 0 Å². The van der Waals surface area contributed by atoms with Gasteiger partial charge in [0, 0.05) is 0 Å². The van der Waals surface area contributed by atoms with Crippen LogP contribution < -0.4 is 0 Å². The highest BCUT2D eigenvalue weighted by molar-refractivity contribution is 5.75. The summed E-state index contributed by atoms with van der Waals surface area (Å²) in [6.07, 6.45) is 3.59. The molecule has 0 bridgehead atoms. The molecular weight excluding hydrogens is 202 g/mol. The summed E-state index contributed by atoms with van der Waals surface area (Å²) in [6, 6.07) is -0.0890. The van der Waals surface area contributed by atoms with E-state index in [9.17, 15) is 4.79 Å². The summed E-state index contributed by atoms with van der Waals surface area (Å²) in [4.78, 5) is 13.9. The van der Waals surface area contributed by atoms with Gasteiger partial charge in [0.1, 0.15) is 6.04 Å². The predicted molar refractivity (Wildman–Crippen MR) is 65.3 cm³/mol. The Kier molecular flexibility index (Phi) is 4.78. The number of nitrogens with zero attached hydrogens (tertiary/aromatic N) is 1. The number of carbonyl (C=O) groups excluding carboxylic acids is 1. The quantitative estimate of drug-likeness (QED) is 0.694. The fraction of sp³-hybridized carbons (Fsp3) is 0.923. The molecule has 16 heavy (non-hydrogen) atoms. The number of esters is 1. The molecule has 0 aromatic rings. The summed E-state index contributed by atoms with van der Waals surface area (Å²) in [7, 11) is 0. The van der Waals surface area contributed by atoms with Crippen LogP contribution in [0, 0.1) is 5.41 Å². The lowest BCUT2D eigenvalue weighted by molar-refractivity contribution is -0.148. The van der Waals surface area contributed by atoms with Crippen LogP contribution in [0.4, 0.5) is 0 Å². The lowest BCUT2D eigenvalue weighted by atomic mass is 9.85. The Morgan fingerprint density at radius 3 is 2.69 bits per heavy atom. The molecule has 0 aliphatic carbocycles. The lowest BCUT2D eigenvalue weighted by Crippen LogP contribution is -2.40. The van der Waals surface area contributed by atoms with Gasteiger partial charge in [-0.15, -0.1) is 0 Å². The summed E-state index contributed by atoms with van der Waals surface area (Å²) >= 11 is 0. The van der Waals surface area contributed by atoms with Gasteiger partial charge in [-0.3, -0.25) is 9.69 Å². The molecule has 1 fully saturated rings. The zero-order chi connectivity index (χ0) is 12.2. The van der Waals surface area contributed by atoms with E-state index in [2.05, 4.69) is 18.7 Å². The minimum atomic E-state index is -0.0890. The Morgan fingerprint density at radius 2 is 2.06 bits per heavy atom. The van der Waals surface area contributed by atoms with Gasteiger partial charge in [-0.1, -0.05) is 13.8 Å². The second kappa shape index (κ2) is 5.67. The highest BCUT2D eigenvalue weighted by atomic mass is 16.5. The first-order chi connectivity index (χ1) is 7.46. The van der Waals surface area contributed by atoms with Crippen molar-refractivity contribution in [2.24, 2.45) is 5.41 Å². The van der Waals surface area contributed by atoms with E-state index in [0.29, 0.717) is 12.0 Å². The highest BCUT2D eigenvalue weighted by Gasteiger charge is 2.28. The zero-order valence-electron chi connectivity index (χ0n) is 11.1. The second-order valence-corrected chi connectivity index (χ2v) is 5.48. The Hall–Kier alpha value is -0.570. The third-order valence-corrected chi connectivity index (χ3v) is 3.55. The molecule has 3 heteroatoms. The van der Waals surface area contributed by atoms with E-state index in [1.165, 1.54) is 12.8 Å². The number of hydrogen-bond donors (Lipinski definition) is 0. The van der Waals surface area contributed by atoms with Crippen LogP contribution in [-0.2, 0) is 9.53 Å². The number of likely N-dealkylation sites (tertiary alicyclic amines) is 1. The average molecular weight is 227 g/mol. The first-order valence-corrected chi connectivity index (χ1v) is 6.37. The fourth-order valence-corrected chi connectivity index (χ4v) is 2.24.